The molecule has 4 N–H and O–H groups in total. The number of methoxy groups -OCH3 is 2. The van der Waals surface area contributed by atoms with Gasteiger partial charge in [-0.3, -0.25) is 4.79 Å². The van der Waals surface area contributed by atoms with Crippen molar-refractivity contribution < 1.29 is 31.1 Å². The van der Waals surface area contributed by atoms with Crippen LogP contribution in [0, 0.1) is 0 Å². The SMILES string of the molecule is COc1ccc(S(=O)(=O)N[C@@H](CCCCNS(N)(=O)=O)C(C)=O)cc1OC. The first-order valence-corrected chi connectivity index (χ1v) is 11.1. The van der Waals surface area contributed by atoms with Gasteiger partial charge < -0.3 is 9.47 Å². The zero-order valence-corrected chi connectivity index (χ0v) is 17.0. The third kappa shape index (κ3) is 7.81. The van der Waals surface area contributed by atoms with Crippen molar-refractivity contribution >= 4 is 26.0 Å². The van der Waals surface area contributed by atoms with Gasteiger partial charge in [0.1, 0.15) is 5.78 Å². The van der Waals surface area contributed by atoms with Gasteiger partial charge in [0.05, 0.1) is 25.2 Å². The molecule has 0 aliphatic carbocycles. The maximum atomic E-state index is 12.6. The molecule has 0 aliphatic rings. The first-order chi connectivity index (χ1) is 12.5. The smallest absolute Gasteiger partial charge is 0.274 e. The Kier molecular flexibility index (Phi) is 8.62. The van der Waals surface area contributed by atoms with E-state index in [1.54, 1.807) is 0 Å². The van der Waals surface area contributed by atoms with Gasteiger partial charge >= 0.3 is 0 Å². The van der Waals surface area contributed by atoms with Crippen LogP contribution in [0.5, 0.6) is 11.5 Å². The summed E-state index contributed by atoms with van der Waals surface area (Å²) in [6.45, 7) is 1.39. The second-order valence-electron chi connectivity index (χ2n) is 5.74. The molecule has 0 heterocycles. The van der Waals surface area contributed by atoms with Gasteiger partial charge in [-0.1, -0.05) is 6.42 Å². The summed E-state index contributed by atoms with van der Waals surface area (Å²) in [6.07, 6.45) is 1.04. The van der Waals surface area contributed by atoms with Crippen LogP contribution in [0.2, 0.25) is 0 Å². The molecule has 0 saturated carbocycles. The Morgan fingerprint density at radius 2 is 1.74 bits per heavy atom. The van der Waals surface area contributed by atoms with Crippen LogP contribution in [-0.2, 0) is 25.0 Å². The molecular formula is C15H25N3O7S2. The Morgan fingerprint density at radius 1 is 1.11 bits per heavy atom. The van der Waals surface area contributed by atoms with E-state index in [0.717, 1.165) is 0 Å². The Hall–Kier alpha value is -1.73. The highest BCUT2D eigenvalue weighted by Gasteiger charge is 2.24. The Balaban J connectivity index is 2.79. The predicted molar refractivity (Wildman–Crippen MR) is 99.3 cm³/mol. The lowest BCUT2D eigenvalue weighted by Crippen LogP contribution is -2.39. The summed E-state index contributed by atoms with van der Waals surface area (Å²) in [5, 5.41) is 4.81. The molecule has 0 saturated heterocycles. The molecule has 1 rings (SSSR count). The molecule has 0 unspecified atom stereocenters. The van der Waals surface area contributed by atoms with E-state index in [4.69, 9.17) is 14.6 Å². The quantitative estimate of drug-likeness (QED) is 0.397. The van der Waals surface area contributed by atoms with Crippen LogP contribution in [0.15, 0.2) is 23.1 Å². The molecule has 0 aliphatic heterocycles. The minimum Gasteiger partial charge on any atom is -0.493 e. The molecule has 12 heteroatoms. The van der Waals surface area contributed by atoms with Crippen molar-refractivity contribution in [2.75, 3.05) is 20.8 Å². The minimum atomic E-state index is -3.97. The number of benzene rings is 1. The van der Waals surface area contributed by atoms with Gasteiger partial charge in [-0.05, 0) is 31.9 Å². The number of hydrogen-bond donors (Lipinski definition) is 3. The first kappa shape index (κ1) is 23.3. The molecule has 27 heavy (non-hydrogen) atoms. The lowest BCUT2D eigenvalue weighted by atomic mass is 10.1. The number of unbranched alkanes of at least 4 members (excludes halogenated alkanes) is 1. The molecule has 1 atom stereocenters. The van der Waals surface area contributed by atoms with Gasteiger partial charge in [0, 0.05) is 12.6 Å². The maximum Gasteiger partial charge on any atom is 0.274 e. The number of nitrogens with two attached hydrogens (primary N) is 1. The Bertz CT molecular complexity index is 854. The zero-order chi connectivity index (χ0) is 20.7. The highest BCUT2D eigenvalue weighted by atomic mass is 32.2. The van der Waals surface area contributed by atoms with E-state index < -0.39 is 26.3 Å². The van der Waals surface area contributed by atoms with Crippen molar-refractivity contribution in [3.63, 3.8) is 0 Å². The van der Waals surface area contributed by atoms with Crippen LogP contribution in [0.3, 0.4) is 0 Å². The summed E-state index contributed by atoms with van der Waals surface area (Å²) in [5.41, 5.74) is 0. The standard InChI is InChI=1S/C15H25N3O7S2/c1-11(19)13(6-4-5-9-17-27(16,22)23)18-26(20,21)12-7-8-14(24-2)15(10-12)25-3/h7-8,10,13,17-18H,4-6,9H2,1-3H3,(H2,16,22,23)/t13-/m0/s1. The summed E-state index contributed by atoms with van der Waals surface area (Å²) in [7, 11) is -4.92. The van der Waals surface area contributed by atoms with E-state index >= 15 is 0 Å². The van der Waals surface area contributed by atoms with Gasteiger partial charge in [-0.2, -0.15) is 8.42 Å². The lowest BCUT2D eigenvalue weighted by molar-refractivity contribution is -0.118. The Morgan fingerprint density at radius 3 is 2.26 bits per heavy atom. The third-order valence-electron chi connectivity index (χ3n) is 3.68. The van der Waals surface area contributed by atoms with Crippen LogP contribution >= 0.6 is 0 Å². The molecule has 0 radical (unpaired) electrons. The van der Waals surface area contributed by atoms with Crippen LogP contribution in [-0.4, -0.2) is 49.4 Å². The second-order valence-corrected chi connectivity index (χ2v) is 8.83. The lowest BCUT2D eigenvalue weighted by Gasteiger charge is -2.17. The summed E-state index contributed by atoms with van der Waals surface area (Å²) in [5.74, 6) is 0.272. The van der Waals surface area contributed by atoms with E-state index in [9.17, 15) is 21.6 Å². The highest BCUT2D eigenvalue weighted by molar-refractivity contribution is 7.89. The molecule has 0 fully saturated rings. The molecule has 0 amide bonds. The molecule has 10 nitrogen and oxygen atoms in total. The third-order valence-corrected chi connectivity index (χ3v) is 5.75. The van der Waals surface area contributed by atoms with Crippen molar-refractivity contribution in [2.45, 2.75) is 37.1 Å². The highest BCUT2D eigenvalue weighted by Crippen LogP contribution is 2.29. The van der Waals surface area contributed by atoms with Crippen LogP contribution in [0.4, 0.5) is 0 Å². The number of carbonyl (C=O) groups excluding carboxylic acids is 1. The number of ketones is 1. The van der Waals surface area contributed by atoms with E-state index in [2.05, 4.69) is 9.44 Å². The molecule has 0 bridgehead atoms. The number of nitrogens with one attached hydrogen (secondary N) is 2. The van der Waals surface area contributed by atoms with Crippen molar-refractivity contribution in [3.8, 4) is 11.5 Å². The fourth-order valence-corrected chi connectivity index (χ4v) is 4.00. The molecule has 0 aromatic heterocycles. The Labute approximate surface area is 159 Å². The second kappa shape index (κ2) is 9.99. The molecule has 0 spiro atoms. The van der Waals surface area contributed by atoms with Gasteiger partial charge in [0.25, 0.3) is 10.2 Å². The monoisotopic (exact) mass is 423 g/mol. The normalized spacial score (nSPS) is 13.2. The van der Waals surface area contributed by atoms with Crippen LogP contribution < -0.4 is 24.1 Å². The largest absolute Gasteiger partial charge is 0.493 e. The number of ether oxygens (including phenoxy) is 2. The van der Waals surface area contributed by atoms with Crippen molar-refractivity contribution in [1.29, 1.82) is 0 Å². The summed E-state index contributed by atoms with van der Waals surface area (Å²) < 4.78 is 61.4. The summed E-state index contributed by atoms with van der Waals surface area (Å²) in [4.78, 5) is 11.7. The molecule has 1 aromatic carbocycles. The number of carbonyl (C=O) groups is 1. The van der Waals surface area contributed by atoms with Gasteiger partial charge in [-0.15, -0.1) is 0 Å². The maximum absolute atomic E-state index is 12.6. The van der Waals surface area contributed by atoms with Crippen LogP contribution in [0.1, 0.15) is 26.2 Å². The molecule has 1 aromatic rings. The fraction of sp³-hybridized carbons (Fsp3) is 0.533. The number of Topliss-reactive ketones (excluding diaryl/α,β-unsaturated/α-hetero) is 1. The van der Waals surface area contributed by atoms with E-state index in [1.807, 2.05) is 0 Å². The van der Waals surface area contributed by atoms with Gasteiger partial charge in [-0.25, -0.2) is 23.0 Å². The van der Waals surface area contributed by atoms with Crippen molar-refractivity contribution in [1.82, 2.24) is 9.44 Å². The number of hydrogen-bond acceptors (Lipinski definition) is 7. The number of sulfonamides is 1. The summed E-state index contributed by atoms with van der Waals surface area (Å²) >= 11 is 0. The molecule has 154 valence electrons. The minimum absolute atomic E-state index is 0.0673. The van der Waals surface area contributed by atoms with E-state index in [0.29, 0.717) is 18.6 Å². The first-order valence-electron chi connectivity index (χ1n) is 8.02. The van der Waals surface area contributed by atoms with Crippen LogP contribution in [0.25, 0.3) is 0 Å². The predicted octanol–water partition coefficient (Wildman–Crippen LogP) is -0.0969. The van der Waals surface area contributed by atoms with Crippen molar-refractivity contribution in [2.24, 2.45) is 5.14 Å². The topological polar surface area (TPSA) is 154 Å². The van der Waals surface area contributed by atoms with E-state index in [-0.39, 0.29) is 29.4 Å². The zero-order valence-electron chi connectivity index (χ0n) is 15.4. The van der Waals surface area contributed by atoms with Gasteiger partial charge in [0.2, 0.25) is 10.0 Å². The van der Waals surface area contributed by atoms with Crippen molar-refractivity contribution in [3.05, 3.63) is 18.2 Å². The summed E-state index contributed by atoms with van der Waals surface area (Å²) in [6, 6.07) is 3.16. The fourth-order valence-electron chi connectivity index (χ4n) is 2.27. The molecular weight excluding hydrogens is 398 g/mol. The number of rotatable bonds is 12. The van der Waals surface area contributed by atoms with Gasteiger partial charge in [0.15, 0.2) is 11.5 Å². The average Bonchev–Trinajstić information content (AvgIpc) is 2.58. The van der Waals surface area contributed by atoms with E-state index in [1.165, 1.54) is 39.3 Å². The average molecular weight is 424 g/mol.